The van der Waals surface area contributed by atoms with E-state index in [2.05, 4.69) is 53.5 Å². The molecule has 0 aliphatic carbocycles. The zero-order valence-corrected chi connectivity index (χ0v) is 15.0. The maximum atomic E-state index is 5.74. The molecular weight excluding hydrogens is 322 g/mol. The smallest absolute Gasteiger partial charge is 0.176 e. The van der Waals surface area contributed by atoms with Crippen molar-refractivity contribution in [3.05, 3.63) is 83.6 Å². The molecule has 26 heavy (non-hydrogen) atoms. The topological polar surface area (TPSA) is 25.6 Å². The molecule has 4 rings (SSSR count). The number of furan rings is 1. The molecule has 0 saturated carbocycles. The molecule has 0 spiro atoms. The monoisotopic (exact) mass is 345 g/mol. The number of fused-ring (bicyclic) bond motifs is 1. The highest BCUT2D eigenvalue weighted by Crippen LogP contribution is 2.30. The molecule has 1 aliphatic heterocycles. The summed E-state index contributed by atoms with van der Waals surface area (Å²) in [5.74, 6) is 0.792. The van der Waals surface area contributed by atoms with Crippen molar-refractivity contribution in [1.82, 2.24) is 4.90 Å². The third-order valence-electron chi connectivity index (χ3n) is 4.88. The number of rotatable bonds is 5. The maximum absolute atomic E-state index is 5.74. The first-order valence-electron chi connectivity index (χ1n) is 9.01. The maximum Gasteiger partial charge on any atom is 0.176 e. The Bertz CT molecular complexity index is 937. The van der Waals surface area contributed by atoms with Gasteiger partial charge in [0.25, 0.3) is 0 Å². The van der Waals surface area contributed by atoms with Crippen molar-refractivity contribution in [2.75, 3.05) is 20.2 Å². The molecule has 1 aliphatic rings. The highest BCUT2D eigenvalue weighted by Gasteiger charge is 2.15. The normalized spacial score (nSPS) is 15.5. The lowest BCUT2D eigenvalue weighted by atomic mass is 10.1. The van der Waals surface area contributed by atoms with Crippen LogP contribution in [-0.4, -0.2) is 25.1 Å². The molecule has 1 aromatic heterocycles. The molecule has 3 aromatic rings. The molecular formula is C23H23NO2. The zero-order valence-electron chi connectivity index (χ0n) is 15.0. The van der Waals surface area contributed by atoms with Crippen molar-refractivity contribution in [2.24, 2.45) is 0 Å². The van der Waals surface area contributed by atoms with Gasteiger partial charge in [0, 0.05) is 30.6 Å². The second-order valence-electron chi connectivity index (χ2n) is 6.61. The van der Waals surface area contributed by atoms with E-state index in [9.17, 15) is 0 Å². The van der Waals surface area contributed by atoms with Crippen LogP contribution in [0.4, 0.5) is 0 Å². The van der Waals surface area contributed by atoms with Gasteiger partial charge in [0.15, 0.2) is 11.3 Å². The minimum atomic E-state index is 0.792. The molecule has 0 saturated heterocycles. The Morgan fingerprint density at radius 3 is 2.73 bits per heavy atom. The van der Waals surface area contributed by atoms with E-state index in [0.29, 0.717) is 0 Å². The van der Waals surface area contributed by atoms with E-state index in [1.54, 1.807) is 7.11 Å². The van der Waals surface area contributed by atoms with Crippen molar-refractivity contribution >= 4 is 17.0 Å². The molecule has 3 heteroatoms. The van der Waals surface area contributed by atoms with Gasteiger partial charge in [-0.15, -0.1) is 0 Å². The van der Waals surface area contributed by atoms with E-state index in [4.69, 9.17) is 9.15 Å². The van der Waals surface area contributed by atoms with Crippen LogP contribution in [-0.2, 0) is 6.54 Å². The minimum Gasteiger partial charge on any atom is -0.493 e. The highest BCUT2D eigenvalue weighted by molar-refractivity contribution is 5.86. The van der Waals surface area contributed by atoms with Crippen molar-refractivity contribution in [1.29, 1.82) is 0 Å². The van der Waals surface area contributed by atoms with Gasteiger partial charge in [0.2, 0.25) is 0 Å². The van der Waals surface area contributed by atoms with Crippen molar-refractivity contribution in [2.45, 2.75) is 13.0 Å². The second-order valence-corrected chi connectivity index (χ2v) is 6.61. The molecule has 2 aromatic carbocycles. The van der Waals surface area contributed by atoms with Crippen LogP contribution >= 0.6 is 0 Å². The standard InChI is InChI=1S/C23H23NO2/c1-25-22-9-5-8-21-20(17-26-23(21)22)16-24-14-12-19(13-15-24)11-10-18-6-3-2-4-7-18/h2-12,17H,13-16H2,1H3/b11-10+. The van der Waals surface area contributed by atoms with Crippen LogP contribution in [0.3, 0.4) is 0 Å². The van der Waals surface area contributed by atoms with Gasteiger partial charge in [-0.2, -0.15) is 0 Å². The Labute approximate surface area is 154 Å². The molecule has 0 bridgehead atoms. The van der Waals surface area contributed by atoms with E-state index >= 15 is 0 Å². The SMILES string of the molecule is COc1cccc2c(CN3CC=C(/C=C/c4ccccc4)CC3)coc12. The molecule has 132 valence electrons. The van der Waals surface area contributed by atoms with E-state index in [1.807, 2.05) is 24.5 Å². The van der Waals surface area contributed by atoms with Crippen LogP contribution in [0.2, 0.25) is 0 Å². The summed E-state index contributed by atoms with van der Waals surface area (Å²) in [7, 11) is 1.68. The third-order valence-corrected chi connectivity index (χ3v) is 4.88. The summed E-state index contributed by atoms with van der Waals surface area (Å²) < 4.78 is 11.1. The second kappa shape index (κ2) is 7.63. The first-order chi connectivity index (χ1) is 12.8. The number of hydrogen-bond acceptors (Lipinski definition) is 3. The molecule has 3 nitrogen and oxygen atoms in total. The predicted molar refractivity (Wildman–Crippen MR) is 106 cm³/mol. The first kappa shape index (κ1) is 16.7. The molecule has 0 amide bonds. The lowest BCUT2D eigenvalue weighted by Gasteiger charge is -2.25. The molecule has 0 N–H and O–H groups in total. The van der Waals surface area contributed by atoms with Crippen LogP contribution in [0, 0.1) is 0 Å². The number of allylic oxidation sites excluding steroid dienone is 1. The van der Waals surface area contributed by atoms with E-state index in [0.717, 1.165) is 42.8 Å². The third kappa shape index (κ3) is 3.58. The summed E-state index contributed by atoms with van der Waals surface area (Å²) in [6.45, 7) is 2.92. The predicted octanol–water partition coefficient (Wildman–Crippen LogP) is 5.29. The van der Waals surface area contributed by atoms with Gasteiger partial charge in [-0.05, 0) is 23.6 Å². The zero-order chi connectivity index (χ0) is 17.8. The fourth-order valence-electron chi connectivity index (χ4n) is 3.40. The number of nitrogens with zero attached hydrogens (tertiary/aromatic N) is 1. The number of ether oxygens (including phenoxy) is 1. The van der Waals surface area contributed by atoms with Crippen molar-refractivity contribution in [3.8, 4) is 5.75 Å². The summed E-state index contributed by atoms with van der Waals surface area (Å²) in [5.41, 5.74) is 4.71. The summed E-state index contributed by atoms with van der Waals surface area (Å²) >= 11 is 0. The average molecular weight is 345 g/mol. The largest absolute Gasteiger partial charge is 0.493 e. The van der Waals surface area contributed by atoms with Crippen LogP contribution < -0.4 is 4.74 Å². The number of para-hydroxylation sites is 1. The molecule has 2 heterocycles. The van der Waals surface area contributed by atoms with Gasteiger partial charge in [-0.1, -0.05) is 60.7 Å². The van der Waals surface area contributed by atoms with Gasteiger partial charge >= 0.3 is 0 Å². The molecule has 0 unspecified atom stereocenters. The summed E-state index contributed by atoms with van der Waals surface area (Å²) in [6.07, 6.45) is 9.69. The summed E-state index contributed by atoms with van der Waals surface area (Å²) in [5, 5.41) is 1.14. The van der Waals surface area contributed by atoms with Crippen LogP contribution in [0.25, 0.3) is 17.0 Å². The number of methoxy groups -OCH3 is 1. The number of hydrogen-bond donors (Lipinski definition) is 0. The van der Waals surface area contributed by atoms with Crippen molar-refractivity contribution in [3.63, 3.8) is 0 Å². The van der Waals surface area contributed by atoms with Gasteiger partial charge < -0.3 is 9.15 Å². The number of benzene rings is 2. The van der Waals surface area contributed by atoms with E-state index in [1.165, 1.54) is 16.7 Å². The fourth-order valence-corrected chi connectivity index (χ4v) is 3.40. The minimum absolute atomic E-state index is 0.792. The van der Waals surface area contributed by atoms with Crippen LogP contribution in [0.5, 0.6) is 5.75 Å². The molecule has 0 atom stereocenters. The van der Waals surface area contributed by atoms with Gasteiger partial charge in [0.05, 0.1) is 13.4 Å². The van der Waals surface area contributed by atoms with Gasteiger partial charge in [-0.3, -0.25) is 4.90 Å². The first-order valence-corrected chi connectivity index (χ1v) is 9.01. The highest BCUT2D eigenvalue weighted by atomic mass is 16.5. The summed E-state index contributed by atoms with van der Waals surface area (Å²) in [6, 6.07) is 16.5. The van der Waals surface area contributed by atoms with Crippen LogP contribution in [0.1, 0.15) is 17.5 Å². The summed E-state index contributed by atoms with van der Waals surface area (Å²) in [4.78, 5) is 2.45. The Kier molecular flexibility index (Phi) is 4.89. The van der Waals surface area contributed by atoms with Gasteiger partial charge in [0.1, 0.15) is 0 Å². The Morgan fingerprint density at radius 1 is 1.08 bits per heavy atom. The van der Waals surface area contributed by atoms with Crippen molar-refractivity contribution < 1.29 is 9.15 Å². The quantitative estimate of drug-likeness (QED) is 0.628. The van der Waals surface area contributed by atoms with Crippen LogP contribution in [0.15, 0.2) is 76.9 Å². The average Bonchev–Trinajstić information content (AvgIpc) is 3.11. The Balaban J connectivity index is 1.42. The fraction of sp³-hybridized carbons (Fsp3) is 0.217. The Morgan fingerprint density at radius 2 is 1.96 bits per heavy atom. The van der Waals surface area contributed by atoms with Gasteiger partial charge in [-0.25, -0.2) is 0 Å². The lowest BCUT2D eigenvalue weighted by Crippen LogP contribution is -2.27. The van der Waals surface area contributed by atoms with E-state index in [-0.39, 0.29) is 0 Å². The Hall–Kier alpha value is -2.78. The lowest BCUT2D eigenvalue weighted by molar-refractivity contribution is 0.287. The molecule has 0 radical (unpaired) electrons. The van der Waals surface area contributed by atoms with E-state index < -0.39 is 0 Å². The molecule has 0 fully saturated rings.